The number of nitrogens with zero attached hydrogens (tertiary/aromatic N) is 2. The van der Waals surface area contributed by atoms with E-state index in [1.54, 1.807) is 24.3 Å². The molecule has 1 aromatic heterocycles. The number of aromatic amines is 1. The molecule has 0 aliphatic rings. The molecule has 0 saturated carbocycles. The van der Waals surface area contributed by atoms with Crippen LogP contribution < -0.4 is 16.0 Å². The van der Waals surface area contributed by atoms with Crippen molar-refractivity contribution >= 4 is 10.8 Å². The molecule has 1 N–H and O–H groups in total. The molecule has 0 atom stereocenters. The second-order valence-corrected chi connectivity index (χ2v) is 6.68. The number of hydrogen-bond donors (Lipinski definition) is 1. The molecular formula is C22H11F4N3O3. The Labute approximate surface area is 176 Å². The number of rotatable bonds is 3. The van der Waals surface area contributed by atoms with Crippen molar-refractivity contribution in [1.82, 2.24) is 9.55 Å². The Bertz CT molecular complexity index is 1480. The highest BCUT2D eigenvalue weighted by Gasteiger charge is 2.33. The van der Waals surface area contributed by atoms with Crippen molar-refractivity contribution in [3.8, 4) is 23.3 Å². The molecule has 0 fully saturated rings. The van der Waals surface area contributed by atoms with E-state index in [1.165, 1.54) is 4.98 Å². The lowest BCUT2D eigenvalue weighted by molar-refractivity contribution is -0.141. The third-order valence-corrected chi connectivity index (χ3v) is 4.60. The monoisotopic (exact) mass is 441 g/mol. The SMILES string of the molecule is N#Cc1cc(F)c(-n2c(=O)cc(C(F)(F)F)[nH]c2=O)cc1Oc1ccc2ccccc2c1. The molecule has 32 heavy (non-hydrogen) atoms. The number of alkyl halides is 3. The van der Waals surface area contributed by atoms with Gasteiger partial charge in [-0.05, 0) is 29.0 Å². The van der Waals surface area contributed by atoms with E-state index >= 15 is 0 Å². The van der Waals surface area contributed by atoms with Gasteiger partial charge in [-0.25, -0.2) is 13.8 Å². The van der Waals surface area contributed by atoms with Crippen LogP contribution in [0, 0.1) is 17.1 Å². The largest absolute Gasteiger partial charge is 0.456 e. The molecule has 4 aromatic rings. The maximum absolute atomic E-state index is 14.6. The summed E-state index contributed by atoms with van der Waals surface area (Å²) >= 11 is 0. The average molecular weight is 441 g/mol. The molecule has 0 spiro atoms. The van der Waals surface area contributed by atoms with E-state index in [2.05, 4.69) is 0 Å². The minimum Gasteiger partial charge on any atom is -0.456 e. The van der Waals surface area contributed by atoms with E-state index in [9.17, 15) is 32.4 Å². The number of ether oxygens (including phenoxy) is 1. The number of aromatic nitrogens is 2. The van der Waals surface area contributed by atoms with E-state index in [0.29, 0.717) is 0 Å². The average Bonchev–Trinajstić information content (AvgIpc) is 2.74. The highest BCUT2D eigenvalue weighted by atomic mass is 19.4. The van der Waals surface area contributed by atoms with Gasteiger partial charge in [-0.15, -0.1) is 0 Å². The molecule has 0 aliphatic carbocycles. The van der Waals surface area contributed by atoms with Crippen LogP contribution in [-0.2, 0) is 6.18 Å². The maximum atomic E-state index is 14.6. The van der Waals surface area contributed by atoms with Gasteiger partial charge >= 0.3 is 11.9 Å². The molecule has 0 bridgehead atoms. The highest BCUT2D eigenvalue weighted by Crippen LogP contribution is 2.31. The standard InChI is InChI=1S/C22H11F4N3O3/c23-16-8-14(11-27)18(32-15-6-5-12-3-1-2-4-13(12)7-15)9-17(16)29-20(30)10-19(22(24,25)26)28-21(29)31/h1-10H,(H,28,31). The van der Waals surface area contributed by atoms with Crippen molar-refractivity contribution in [2.75, 3.05) is 0 Å². The van der Waals surface area contributed by atoms with Gasteiger partial charge in [0.25, 0.3) is 5.56 Å². The Hall–Kier alpha value is -4.39. The van der Waals surface area contributed by atoms with Gasteiger partial charge in [0, 0.05) is 12.1 Å². The van der Waals surface area contributed by atoms with Crippen molar-refractivity contribution in [2.45, 2.75) is 6.18 Å². The molecule has 0 radical (unpaired) electrons. The summed E-state index contributed by atoms with van der Waals surface area (Å²) in [5.74, 6) is -1.07. The summed E-state index contributed by atoms with van der Waals surface area (Å²) < 4.78 is 59.0. The molecule has 6 nitrogen and oxygen atoms in total. The molecule has 0 amide bonds. The first kappa shape index (κ1) is 20.9. The Morgan fingerprint density at radius 3 is 2.34 bits per heavy atom. The predicted octanol–water partition coefficient (Wildman–Crippen LogP) is 4.50. The van der Waals surface area contributed by atoms with Gasteiger partial charge in [0.1, 0.15) is 29.1 Å². The number of halogens is 4. The van der Waals surface area contributed by atoms with E-state index in [0.717, 1.165) is 22.9 Å². The maximum Gasteiger partial charge on any atom is 0.431 e. The van der Waals surface area contributed by atoms with Crippen LogP contribution in [0.4, 0.5) is 17.6 Å². The van der Waals surface area contributed by atoms with Crippen molar-refractivity contribution < 1.29 is 22.3 Å². The van der Waals surface area contributed by atoms with Crippen LogP contribution in [0.15, 0.2) is 70.3 Å². The number of H-pyrrole nitrogens is 1. The second-order valence-electron chi connectivity index (χ2n) is 6.68. The topological polar surface area (TPSA) is 87.9 Å². The third kappa shape index (κ3) is 3.83. The Morgan fingerprint density at radius 1 is 0.969 bits per heavy atom. The summed E-state index contributed by atoms with van der Waals surface area (Å²) in [6, 6.07) is 15.9. The predicted molar refractivity (Wildman–Crippen MR) is 106 cm³/mol. The lowest BCUT2D eigenvalue weighted by Crippen LogP contribution is -2.36. The summed E-state index contributed by atoms with van der Waals surface area (Å²) in [5, 5.41) is 11.1. The normalized spacial score (nSPS) is 11.3. The van der Waals surface area contributed by atoms with Gasteiger partial charge in [-0.1, -0.05) is 30.3 Å². The molecular weight excluding hydrogens is 430 g/mol. The Morgan fingerprint density at radius 2 is 1.69 bits per heavy atom. The van der Waals surface area contributed by atoms with Crippen molar-refractivity contribution in [3.63, 3.8) is 0 Å². The zero-order valence-electron chi connectivity index (χ0n) is 15.9. The number of nitriles is 1. The third-order valence-electron chi connectivity index (χ3n) is 4.60. The summed E-state index contributed by atoms with van der Waals surface area (Å²) in [6.45, 7) is 0. The smallest absolute Gasteiger partial charge is 0.431 e. The minimum atomic E-state index is -4.97. The van der Waals surface area contributed by atoms with Crippen molar-refractivity contribution in [3.05, 3.63) is 98.6 Å². The minimum absolute atomic E-state index is 0.142. The van der Waals surface area contributed by atoms with Crippen LogP contribution in [0.25, 0.3) is 16.5 Å². The van der Waals surface area contributed by atoms with E-state index < -0.39 is 34.6 Å². The summed E-state index contributed by atoms with van der Waals surface area (Å²) in [4.78, 5) is 25.9. The first-order valence-electron chi connectivity index (χ1n) is 9.01. The Kier molecular flexibility index (Phi) is 5.02. The van der Waals surface area contributed by atoms with Crippen molar-refractivity contribution in [1.29, 1.82) is 5.26 Å². The van der Waals surface area contributed by atoms with Crippen molar-refractivity contribution in [2.24, 2.45) is 0 Å². The fourth-order valence-corrected chi connectivity index (χ4v) is 3.12. The Balaban J connectivity index is 1.84. The molecule has 3 aromatic carbocycles. The number of benzene rings is 3. The van der Waals surface area contributed by atoms with E-state index in [1.807, 2.05) is 24.3 Å². The number of fused-ring (bicyclic) bond motifs is 1. The van der Waals surface area contributed by atoms with Gasteiger partial charge < -0.3 is 9.72 Å². The first-order chi connectivity index (χ1) is 15.2. The molecule has 160 valence electrons. The van der Waals surface area contributed by atoms with Crippen LogP contribution in [0.5, 0.6) is 11.5 Å². The molecule has 10 heteroatoms. The zero-order chi connectivity index (χ0) is 23.0. The van der Waals surface area contributed by atoms with Crippen LogP contribution in [-0.4, -0.2) is 9.55 Å². The van der Waals surface area contributed by atoms with Gasteiger partial charge in [-0.3, -0.25) is 4.79 Å². The van der Waals surface area contributed by atoms with Gasteiger partial charge in [-0.2, -0.15) is 18.4 Å². The number of nitrogens with one attached hydrogen (secondary N) is 1. The highest BCUT2D eigenvalue weighted by molar-refractivity contribution is 5.83. The van der Waals surface area contributed by atoms with E-state index in [4.69, 9.17) is 4.74 Å². The molecule has 0 aliphatic heterocycles. The lowest BCUT2D eigenvalue weighted by Gasteiger charge is -2.13. The summed E-state index contributed by atoms with van der Waals surface area (Å²) in [6.07, 6.45) is -4.97. The molecule has 4 rings (SSSR count). The fourth-order valence-electron chi connectivity index (χ4n) is 3.12. The quantitative estimate of drug-likeness (QED) is 0.474. The van der Waals surface area contributed by atoms with E-state index in [-0.39, 0.29) is 27.7 Å². The van der Waals surface area contributed by atoms with Crippen LogP contribution in [0.2, 0.25) is 0 Å². The summed E-state index contributed by atoms with van der Waals surface area (Å²) in [7, 11) is 0. The zero-order valence-corrected chi connectivity index (χ0v) is 15.9. The molecule has 0 saturated heterocycles. The first-order valence-corrected chi connectivity index (χ1v) is 9.01. The van der Waals surface area contributed by atoms with Gasteiger partial charge in [0.15, 0.2) is 0 Å². The van der Waals surface area contributed by atoms with Gasteiger partial charge in [0.2, 0.25) is 0 Å². The second kappa shape index (κ2) is 7.70. The van der Waals surface area contributed by atoms with Crippen LogP contribution >= 0.6 is 0 Å². The fraction of sp³-hybridized carbons (Fsp3) is 0.0455. The van der Waals surface area contributed by atoms with Crippen LogP contribution in [0.3, 0.4) is 0 Å². The number of hydrogen-bond acceptors (Lipinski definition) is 4. The molecule has 0 unspecified atom stereocenters. The lowest BCUT2D eigenvalue weighted by atomic mass is 10.1. The molecule has 1 heterocycles. The summed E-state index contributed by atoms with van der Waals surface area (Å²) in [5.41, 5.74) is -5.37. The van der Waals surface area contributed by atoms with Crippen LogP contribution in [0.1, 0.15) is 11.3 Å². The van der Waals surface area contributed by atoms with Gasteiger partial charge in [0.05, 0.1) is 11.3 Å².